The van der Waals surface area contributed by atoms with Gasteiger partial charge in [-0.25, -0.2) is 10.3 Å². The third-order valence-corrected chi connectivity index (χ3v) is 19.4. The highest BCUT2D eigenvalue weighted by molar-refractivity contribution is 6.00. The van der Waals surface area contributed by atoms with Crippen molar-refractivity contribution in [3.63, 3.8) is 0 Å². The number of likely N-dealkylation sites (N-methyl/N-ethyl adjacent to an activating group) is 1. The van der Waals surface area contributed by atoms with Crippen molar-refractivity contribution in [3.8, 4) is 0 Å². The molecule has 0 spiro atoms. The third-order valence-electron chi connectivity index (χ3n) is 19.4. The number of hydrogen-bond donors (Lipinski definition) is 4. The fourth-order valence-corrected chi connectivity index (χ4v) is 9.45. The molecule has 0 saturated heterocycles. The number of allylic oxidation sites excluding steroid dienone is 12. The van der Waals surface area contributed by atoms with E-state index >= 15 is 0 Å². The number of carbonyl (C=O) groups is 21. The van der Waals surface area contributed by atoms with E-state index in [0.29, 0.717) is 135 Å². The number of nitrogens with zero attached hydrogens (tertiary/aromatic N) is 1. The minimum atomic E-state index is -0.472. The van der Waals surface area contributed by atoms with Crippen molar-refractivity contribution < 1.29 is 115 Å². The van der Waals surface area contributed by atoms with Gasteiger partial charge >= 0.3 is 5.97 Å². The summed E-state index contributed by atoms with van der Waals surface area (Å²) >= 11 is 0. The maximum atomic E-state index is 11.6. The zero-order valence-electron chi connectivity index (χ0n) is 98.8. The molecule has 0 heterocycles. The van der Waals surface area contributed by atoms with Crippen molar-refractivity contribution in [2.24, 2.45) is 54.1 Å². The van der Waals surface area contributed by atoms with E-state index in [1.54, 1.807) is 126 Å². The molecule has 0 aromatic carbocycles. The van der Waals surface area contributed by atoms with E-state index in [1.165, 1.54) is 30.4 Å². The van der Waals surface area contributed by atoms with E-state index in [1.807, 2.05) is 191 Å². The molecule has 0 aromatic heterocycles. The summed E-state index contributed by atoms with van der Waals surface area (Å²) in [5.41, 5.74) is 2.02. The average molecular weight is 2070 g/mol. The first-order valence-corrected chi connectivity index (χ1v) is 50.5. The molecule has 0 aromatic rings. The topological polar surface area (TPSA) is 438 Å². The molecule has 147 heavy (non-hydrogen) atoms. The van der Waals surface area contributed by atoms with Crippen LogP contribution in [0.15, 0.2) is 122 Å². The van der Waals surface area contributed by atoms with Crippen molar-refractivity contribution in [2.75, 3.05) is 67.2 Å². The van der Waals surface area contributed by atoms with E-state index in [0.717, 1.165) is 23.8 Å². The first-order chi connectivity index (χ1) is 66.6. The van der Waals surface area contributed by atoms with Gasteiger partial charge in [0, 0.05) is 193 Å². The molecule has 0 aliphatic rings. The molecule has 0 rings (SSSR count). The smallest absolute Gasteiger partial charge is 0.330 e. The molecule has 4 amide bonds. The second kappa shape index (κ2) is 83.2. The second-order valence-corrected chi connectivity index (χ2v) is 46.4. The molecular weight excluding hydrogens is 1870 g/mol. The number of rotatable bonds is 50. The zero-order chi connectivity index (χ0) is 118. The van der Waals surface area contributed by atoms with Gasteiger partial charge in [0.1, 0.15) is 47.1 Å². The number of methoxy groups -OCH3 is 1. The number of hydroxylamine groups is 1. The Morgan fingerprint density at radius 3 is 1.03 bits per heavy atom. The van der Waals surface area contributed by atoms with Crippen LogP contribution in [0.2, 0.25) is 0 Å². The lowest BCUT2D eigenvalue weighted by molar-refractivity contribution is -0.145. The Labute approximate surface area is 886 Å². The summed E-state index contributed by atoms with van der Waals surface area (Å²) in [4.78, 5) is 243. The predicted octanol–water partition coefficient (Wildman–Crippen LogP) is 21.7. The summed E-state index contributed by atoms with van der Waals surface area (Å²) in [6.07, 6.45) is 28.0. The monoisotopic (exact) mass is 2070 g/mol. The summed E-state index contributed by atoms with van der Waals surface area (Å²) in [6.45, 7) is 84.0. The van der Waals surface area contributed by atoms with E-state index in [9.17, 15) is 101 Å². The van der Waals surface area contributed by atoms with Gasteiger partial charge in [0.15, 0.2) is 58.7 Å². The van der Waals surface area contributed by atoms with Crippen molar-refractivity contribution in [2.45, 2.75) is 385 Å². The van der Waals surface area contributed by atoms with Gasteiger partial charge < -0.3 is 30.3 Å². The summed E-state index contributed by atoms with van der Waals surface area (Å²) in [6, 6.07) is 0. The van der Waals surface area contributed by atoms with Crippen LogP contribution in [0, 0.1) is 54.1 Å². The van der Waals surface area contributed by atoms with Crippen LogP contribution in [0.1, 0.15) is 385 Å². The number of hydrogen-bond acceptors (Lipinski definition) is 25. The Balaban J connectivity index is -0.000000178. The van der Waals surface area contributed by atoms with E-state index in [-0.39, 0.29) is 186 Å². The standard InChI is InChI=1S/C15H24O3.2C13H23NO2.C13H22O3.2C12H20O2.C11H19NO2.C10H17NO2.C10H16O3.C9H15NO3/c1-5-7-12(16)8-6-9-13(17)10-11-14(18)15(2,3)4;1-10(2)8-11(15)6-7-12(16)14-9-13(3,4)5;1-13(2,3)12(16)9-8-11(15)7-6-10-14(4)5;1-10(8-9-16-5)11(14)6-7-12(15)13(2,3)4;1-6-9(2)10(13)7-8-11(14)12(3,4)5;1-5-6-10(13)7-8-11(14)9-12(2,3)4;1-5-9(13)6-7-10(14)12-8-11(2,3)4;1-5-9(13)11-7-6-8(12)10(2,3)4;1-5-6-9(12)13-7-8(11)10(2,3)4;1-5-8(12)10-13-6-7(11)9(2,3)4/h5,7H,6,8-11H2,1-4H3;8H,6-7,9H2,1-5H3,(H,14,16);6-7H,8-10H2,1-5H3;8H,6-7,9H2,1-5H3;6H,7-8H2,1-5H3;5-6H,7-9H2,1-4H3;5H,1,6-8H2,2-4H3,(H,12,14);5H,1,6-7H2,2-4H3,(H,11,13);5-6H,7H2,1-4H3;5H,1,6H2,2-4H3,(H,10,12)/b7-5+;;7-6+;10-8+;9-6+;6-5+;;;6-5+;. The quantitative estimate of drug-likeness (QED) is 0.0250. The lowest BCUT2D eigenvalue weighted by Crippen LogP contribution is -2.32. The first-order valence-electron chi connectivity index (χ1n) is 50.5. The Kier molecular flexibility index (Phi) is 88.6. The van der Waals surface area contributed by atoms with E-state index in [2.05, 4.69) is 66.8 Å². The first kappa shape index (κ1) is 156. The van der Waals surface area contributed by atoms with Crippen molar-refractivity contribution in [1.82, 2.24) is 26.3 Å². The largest absolute Gasteiger partial charge is 0.455 e. The Bertz CT molecular complexity index is 4310. The molecule has 0 unspecified atom stereocenters. The molecule has 4 N–H and O–H groups in total. The van der Waals surface area contributed by atoms with Crippen molar-refractivity contribution in [3.05, 3.63) is 122 Å². The molecule has 29 heteroatoms. The number of amides is 4. The molecule has 0 bridgehead atoms. The molecule has 0 aliphatic heterocycles. The summed E-state index contributed by atoms with van der Waals surface area (Å²) in [5.74, 6) is -0.371. The molecule has 0 atom stereocenters. The van der Waals surface area contributed by atoms with Crippen molar-refractivity contribution >= 4 is 122 Å². The highest BCUT2D eigenvalue weighted by Crippen LogP contribution is 2.25. The predicted molar refractivity (Wildman–Crippen MR) is 594 cm³/mol. The van der Waals surface area contributed by atoms with Gasteiger partial charge in [-0.3, -0.25) is 101 Å². The highest BCUT2D eigenvalue weighted by atomic mass is 16.7. The Hall–Kier alpha value is -10.7. The van der Waals surface area contributed by atoms with Gasteiger partial charge in [-0.1, -0.05) is 269 Å². The Morgan fingerprint density at radius 1 is 0.333 bits per heavy atom. The Morgan fingerprint density at radius 2 is 0.680 bits per heavy atom. The number of esters is 1. The van der Waals surface area contributed by atoms with Crippen LogP contribution in [-0.4, -0.2) is 194 Å². The van der Waals surface area contributed by atoms with Gasteiger partial charge in [0.05, 0.1) is 6.61 Å². The molecule has 0 radical (unpaired) electrons. The summed E-state index contributed by atoms with van der Waals surface area (Å²) in [7, 11) is 5.47. The van der Waals surface area contributed by atoms with Gasteiger partial charge in [-0.2, -0.15) is 0 Å². The van der Waals surface area contributed by atoms with Crippen molar-refractivity contribution in [1.29, 1.82) is 0 Å². The van der Waals surface area contributed by atoms with E-state index in [4.69, 9.17) is 9.47 Å². The van der Waals surface area contributed by atoms with Crippen LogP contribution in [0.25, 0.3) is 0 Å². The maximum Gasteiger partial charge on any atom is 0.330 e. The fourth-order valence-electron chi connectivity index (χ4n) is 9.45. The van der Waals surface area contributed by atoms with Gasteiger partial charge in [-0.15, -0.1) is 0 Å². The normalized spacial score (nSPS) is 11.7. The minimum absolute atomic E-state index is 0.0194. The SMILES string of the molecule is C/C=C(\C)C(=O)CCC(=O)C(C)(C)C.C/C=C/C(=O)CCC(=O)CC(C)(C)C.C/C=C/C(=O)CCCC(=O)CCC(=O)C(C)(C)C.C/C=C/C(=O)OCC(=O)C(C)(C)C.C=CC(=O)CCC(=O)NCC(C)(C)C.C=CC(=O)NCCC(=O)C(C)(C)C.C=CC(=O)NOCC(=O)C(C)(C)C.CC(C)=CC(=O)CCC(=O)NCC(C)(C)C.CN(C)C/C=C/C(=O)CCC(=O)C(C)(C)C.COC/C=C(\C)C(=O)CCC(=O)C(C)(C)C. The van der Waals surface area contributed by atoms with Crippen LogP contribution in [0.5, 0.6) is 0 Å². The van der Waals surface area contributed by atoms with Crippen LogP contribution >= 0.6 is 0 Å². The molecule has 0 fully saturated rings. The number of nitrogens with one attached hydrogen (secondary N) is 4. The second-order valence-electron chi connectivity index (χ2n) is 46.4. The molecule has 840 valence electrons. The highest BCUT2D eigenvalue weighted by Gasteiger charge is 2.28. The van der Waals surface area contributed by atoms with Gasteiger partial charge in [-0.05, 0) is 146 Å². The molecule has 0 aliphatic carbocycles. The number of carbonyl (C=O) groups excluding carboxylic acids is 21. The van der Waals surface area contributed by atoms with Gasteiger partial charge in [0.25, 0.3) is 5.91 Å². The van der Waals surface area contributed by atoms with Crippen LogP contribution in [0.3, 0.4) is 0 Å². The minimum Gasteiger partial charge on any atom is -0.455 e. The number of Topliss-reactive ketones (excluding diaryl/α,β-unsaturated/α-hetero) is 11. The number of ketones is 16. The average Bonchev–Trinajstić information content (AvgIpc) is 0.973. The maximum absolute atomic E-state index is 11.6. The van der Waals surface area contributed by atoms with Gasteiger partial charge in [0.2, 0.25) is 17.7 Å². The molecule has 29 nitrogen and oxygen atoms in total. The fraction of sp³-hybridized carbons (Fsp3) is 0.653. The molecular formula is C118H199N5O24. The molecule has 0 saturated carbocycles. The third kappa shape index (κ3) is 114. The summed E-state index contributed by atoms with van der Waals surface area (Å²) in [5, 5.41) is 8.15. The lowest BCUT2D eigenvalue weighted by atomic mass is 9.87. The van der Waals surface area contributed by atoms with Crippen LogP contribution < -0.4 is 21.4 Å². The number of ether oxygens (including phenoxy) is 2. The van der Waals surface area contributed by atoms with E-state index < -0.39 is 22.7 Å². The van der Waals surface area contributed by atoms with Crippen LogP contribution in [-0.2, 0) is 115 Å². The zero-order valence-corrected chi connectivity index (χ0v) is 98.8. The summed E-state index contributed by atoms with van der Waals surface area (Å²) < 4.78 is 9.54. The van der Waals surface area contributed by atoms with Crippen LogP contribution in [0.4, 0.5) is 0 Å². The lowest BCUT2D eigenvalue weighted by Gasteiger charge is -2.18.